The predicted molar refractivity (Wildman–Crippen MR) is 102 cm³/mol. The van der Waals surface area contributed by atoms with Gasteiger partial charge in [-0.2, -0.15) is 0 Å². The smallest absolute Gasteiger partial charge is 0.226 e. The van der Waals surface area contributed by atoms with Crippen LogP contribution in [0.3, 0.4) is 0 Å². The third-order valence-corrected chi connectivity index (χ3v) is 4.09. The van der Waals surface area contributed by atoms with E-state index in [1.165, 1.54) is 18.9 Å². The quantitative estimate of drug-likeness (QED) is 0.799. The van der Waals surface area contributed by atoms with Gasteiger partial charge in [0, 0.05) is 26.0 Å². The number of benzene rings is 2. The largest absolute Gasteiger partial charge is 0.497 e. The second-order valence-corrected chi connectivity index (χ2v) is 5.89. The monoisotopic (exact) mass is 376 g/mol. The summed E-state index contributed by atoms with van der Waals surface area (Å²) in [7, 11) is 3.07. The van der Waals surface area contributed by atoms with Gasteiger partial charge in [0.25, 0.3) is 0 Å². The molecule has 1 N–H and O–H groups in total. The molecule has 0 bridgehead atoms. The van der Waals surface area contributed by atoms with Crippen LogP contribution in [0.25, 0.3) is 0 Å². The first-order valence-electron chi connectivity index (χ1n) is 8.00. The first-order chi connectivity index (χ1) is 12.5. The molecule has 2 aromatic carbocycles. The summed E-state index contributed by atoms with van der Waals surface area (Å²) >= 11 is 6.15. The van der Waals surface area contributed by atoms with Gasteiger partial charge in [0.15, 0.2) is 0 Å². The first-order valence-corrected chi connectivity index (χ1v) is 8.38. The average Bonchev–Trinajstić information content (AvgIpc) is 2.63. The number of carbonyl (C=O) groups is 2. The Morgan fingerprint density at radius 2 is 1.85 bits per heavy atom. The van der Waals surface area contributed by atoms with Gasteiger partial charge in [-0.15, -0.1) is 0 Å². The van der Waals surface area contributed by atoms with Gasteiger partial charge in [-0.3, -0.25) is 9.59 Å². The number of amides is 2. The molecule has 0 saturated carbocycles. The summed E-state index contributed by atoms with van der Waals surface area (Å²) in [5, 5.41) is 3.24. The van der Waals surface area contributed by atoms with Crippen LogP contribution in [0, 0.1) is 0 Å². The molecule has 0 aliphatic rings. The highest BCUT2D eigenvalue weighted by molar-refractivity contribution is 6.33. The normalized spacial score (nSPS) is 10.2. The van der Waals surface area contributed by atoms with Crippen LogP contribution in [0.15, 0.2) is 42.5 Å². The van der Waals surface area contributed by atoms with Crippen LogP contribution in [0.4, 0.5) is 11.4 Å². The molecule has 138 valence electrons. The van der Waals surface area contributed by atoms with E-state index in [1.54, 1.807) is 49.6 Å². The van der Waals surface area contributed by atoms with Gasteiger partial charge in [0.05, 0.1) is 30.6 Å². The van der Waals surface area contributed by atoms with E-state index in [9.17, 15) is 9.59 Å². The summed E-state index contributed by atoms with van der Waals surface area (Å²) in [5.41, 5.74) is 1.11. The molecule has 0 aliphatic heterocycles. The van der Waals surface area contributed by atoms with Gasteiger partial charge >= 0.3 is 0 Å². The van der Waals surface area contributed by atoms with Crippen LogP contribution < -0.4 is 19.7 Å². The molecule has 26 heavy (non-hydrogen) atoms. The zero-order chi connectivity index (χ0) is 19.1. The van der Waals surface area contributed by atoms with Crippen molar-refractivity contribution in [3.05, 3.63) is 47.5 Å². The predicted octanol–water partition coefficient (Wildman–Crippen LogP) is 3.74. The second-order valence-electron chi connectivity index (χ2n) is 5.49. The Labute approximate surface area is 157 Å². The summed E-state index contributed by atoms with van der Waals surface area (Å²) in [5.74, 6) is 0.688. The van der Waals surface area contributed by atoms with Crippen molar-refractivity contribution in [2.45, 2.75) is 13.3 Å². The number of carbonyl (C=O) groups excluding carboxylic acids is 2. The van der Waals surface area contributed by atoms with Crippen LogP contribution in [0.2, 0.25) is 5.02 Å². The molecular weight excluding hydrogens is 356 g/mol. The van der Waals surface area contributed by atoms with Gasteiger partial charge in [-0.05, 0) is 24.3 Å². The SMILES string of the molecule is COc1ccc(NC(=O)CCN(C(C)=O)c2ccccc2Cl)c(OC)c1. The lowest BCUT2D eigenvalue weighted by molar-refractivity contribution is -0.117. The van der Waals surface area contributed by atoms with Crippen molar-refractivity contribution < 1.29 is 19.1 Å². The van der Waals surface area contributed by atoms with Gasteiger partial charge < -0.3 is 19.7 Å². The minimum Gasteiger partial charge on any atom is -0.497 e. The first kappa shape index (κ1) is 19.6. The lowest BCUT2D eigenvalue weighted by Gasteiger charge is -2.22. The number of rotatable bonds is 7. The summed E-state index contributed by atoms with van der Waals surface area (Å²) < 4.78 is 10.4. The van der Waals surface area contributed by atoms with Crippen molar-refractivity contribution in [1.29, 1.82) is 0 Å². The molecule has 0 spiro atoms. The number of methoxy groups -OCH3 is 2. The van der Waals surface area contributed by atoms with E-state index in [2.05, 4.69) is 5.32 Å². The summed E-state index contributed by atoms with van der Waals surface area (Å²) in [4.78, 5) is 25.7. The van der Waals surface area contributed by atoms with E-state index >= 15 is 0 Å². The maximum absolute atomic E-state index is 12.3. The Kier molecular flexibility index (Phi) is 6.86. The molecule has 0 saturated heterocycles. The third-order valence-electron chi connectivity index (χ3n) is 3.77. The summed E-state index contributed by atoms with van der Waals surface area (Å²) in [6.07, 6.45) is 0.111. The fourth-order valence-electron chi connectivity index (χ4n) is 2.45. The maximum atomic E-state index is 12.3. The number of nitrogens with one attached hydrogen (secondary N) is 1. The average molecular weight is 377 g/mol. The zero-order valence-corrected chi connectivity index (χ0v) is 15.7. The van der Waals surface area contributed by atoms with Crippen LogP contribution in [0.5, 0.6) is 11.5 Å². The molecule has 2 rings (SSSR count). The van der Waals surface area contributed by atoms with Crippen molar-refractivity contribution >= 4 is 34.8 Å². The number of halogens is 1. The van der Waals surface area contributed by atoms with E-state index in [0.717, 1.165) is 0 Å². The van der Waals surface area contributed by atoms with E-state index < -0.39 is 0 Å². The summed E-state index contributed by atoms with van der Waals surface area (Å²) in [6.45, 7) is 1.65. The molecular formula is C19H21ClN2O4. The van der Waals surface area contributed by atoms with Gasteiger partial charge in [0.1, 0.15) is 11.5 Å². The minimum atomic E-state index is -0.244. The second kappa shape index (κ2) is 9.10. The maximum Gasteiger partial charge on any atom is 0.226 e. The van der Waals surface area contributed by atoms with Gasteiger partial charge in [-0.1, -0.05) is 23.7 Å². The van der Waals surface area contributed by atoms with Crippen LogP contribution in [0.1, 0.15) is 13.3 Å². The number of hydrogen-bond acceptors (Lipinski definition) is 4. The van der Waals surface area contributed by atoms with Crippen molar-refractivity contribution in [3.8, 4) is 11.5 Å². The number of nitrogens with zero attached hydrogens (tertiary/aromatic N) is 1. The number of anilines is 2. The van der Waals surface area contributed by atoms with Crippen molar-refractivity contribution in [2.75, 3.05) is 31.0 Å². The number of para-hydroxylation sites is 1. The van der Waals surface area contributed by atoms with E-state index in [1.807, 2.05) is 0 Å². The highest BCUT2D eigenvalue weighted by atomic mass is 35.5. The fraction of sp³-hybridized carbons (Fsp3) is 0.263. The third kappa shape index (κ3) is 4.89. The summed E-state index contributed by atoms with van der Waals surface area (Å²) in [6, 6.07) is 12.1. The molecule has 2 aromatic rings. The molecule has 7 heteroatoms. The fourth-order valence-corrected chi connectivity index (χ4v) is 2.68. The molecule has 0 atom stereocenters. The molecule has 6 nitrogen and oxygen atoms in total. The Morgan fingerprint density at radius 1 is 1.12 bits per heavy atom. The molecule has 0 radical (unpaired) electrons. The highest BCUT2D eigenvalue weighted by Crippen LogP contribution is 2.29. The lowest BCUT2D eigenvalue weighted by atomic mass is 10.2. The molecule has 0 heterocycles. The van der Waals surface area contributed by atoms with Crippen LogP contribution >= 0.6 is 11.6 Å². The Morgan fingerprint density at radius 3 is 2.46 bits per heavy atom. The van der Waals surface area contributed by atoms with Crippen LogP contribution in [-0.2, 0) is 9.59 Å². The topological polar surface area (TPSA) is 67.9 Å². The van der Waals surface area contributed by atoms with Crippen LogP contribution in [-0.4, -0.2) is 32.6 Å². The zero-order valence-electron chi connectivity index (χ0n) is 14.9. The number of ether oxygens (including phenoxy) is 2. The van der Waals surface area contributed by atoms with E-state index in [0.29, 0.717) is 27.9 Å². The van der Waals surface area contributed by atoms with Crippen molar-refractivity contribution in [1.82, 2.24) is 0 Å². The van der Waals surface area contributed by atoms with Crippen molar-refractivity contribution in [3.63, 3.8) is 0 Å². The molecule has 0 aromatic heterocycles. The highest BCUT2D eigenvalue weighted by Gasteiger charge is 2.16. The molecule has 2 amide bonds. The Hall–Kier alpha value is -2.73. The van der Waals surface area contributed by atoms with E-state index in [4.69, 9.17) is 21.1 Å². The van der Waals surface area contributed by atoms with Gasteiger partial charge in [-0.25, -0.2) is 0 Å². The molecule has 0 fully saturated rings. The molecule has 0 unspecified atom stereocenters. The van der Waals surface area contributed by atoms with Gasteiger partial charge in [0.2, 0.25) is 11.8 Å². The minimum absolute atomic E-state index is 0.111. The lowest BCUT2D eigenvalue weighted by Crippen LogP contribution is -2.32. The standard InChI is InChI=1S/C19H21ClN2O4/c1-13(23)22(17-7-5-4-6-15(17)20)11-10-19(24)21-16-9-8-14(25-2)12-18(16)26-3/h4-9,12H,10-11H2,1-3H3,(H,21,24). The number of hydrogen-bond donors (Lipinski definition) is 1. The molecule has 0 aliphatic carbocycles. The van der Waals surface area contributed by atoms with E-state index in [-0.39, 0.29) is 24.8 Å². The van der Waals surface area contributed by atoms with Crippen molar-refractivity contribution in [2.24, 2.45) is 0 Å². The Bertz CT molecular complexity index is 795. The Balaban J connectivity index is 2.05.